The molecule has 37 heavy (non-hydrogen) atoms. The fourth-order valence-corrected chi connectivity index (χ4v) is 6.16. The highest BCUT2D eigenvalue weighted by Crippen LogP contribution is 2.33. The molecule has 186 valence electrons. The Hall–Kier alpha value is -3.84. The van der Waals surface area contributed by atoms with Gasteiger partial charge < -0.3 is 4.90 Å². The summed E-state index contributed by atoms with van der Waals surface area (Å²) >= 11 is 0. The number of nitrogens with zero attached hydrogens (tertiary/aromatic N) is 6. The molecule has 0 bridgehead atoms. The van der Waals surface area contributed by atoms with Crippen molar-refractivity contribution in [3.63, 3.8) is 0 Å². The molecule has 1 N–H and O–H groups in total. The van der Waals surface area contributed by atoms with Crippen LogP contribution in [0.2, 0.25) is 0 Å². The minimum Gasteiger partial charge on any atom is -0.300 e. The van der Waals surface area contributed by atoms with Crippen molar-refractivity contribution in [2.45, 2.75) is 44.6 Å². The zero-order valence-electron chi connectivity index (χ0n) is 21.2. The molecular weight excluding hydrogens is 458 g/mol. The maximum atomic E-state index is 4.70. The molecule has 0 spiro atoms. The van der Waals surface area contributed by atoms with Crippen LogP contribution in [0.15, 0.2) is 61.1 Å². The van der Waals surface area contributed by atoms with Crippen molar-refractivity contribution in [1.82, 2.24) is 34.8 Å². The maximum absolute atomic E-state index is 4.70. The topological polar surface area (TPSA) is 75.5 Å². The maximum Gasteiger partial charge on any atom is 0.181 e. The summed E-state index contributed by atoms with van der Waals surface area (Å²) in [5, 5.41) is 12.9. The van der Waals surface area contributed by atoms with E-state index in [-0.39, 0.29) is 0 Å². The molecule has 0 radical (unpaired) electrons. The lowest BCUT2D eigenvalue weighted by molar-refractivity contribution is 0.222. The average molecular weight is 490 g/mol. The van der Waals surface area contributed by atoms with Crippen LogP contribution in [0.3, 0.4) is 0 Å². The number of rotatable bonds is 4. The van der Waals surface area contributed by atoms with E-state index in [4.69, 9.17) is 4.98 Å². The van der Waals surface area contributed by atoms with Gasteiger partial charge >= 0.3 is 0 Å². The highest BCUT2D eigenvalue weighted by atomic mass is 15.3. The van der Waals surface area contributed by atoms with E-state index in [9.17, 15) is 0 Å². The van der Waals surface area contributed by atoms with E-state index in [0.717, 1.165) is 51.7 Å². The third-order valence-corrected chi connectivity index (χ3v) is 8.24. The summed E-state index contributed by atoms with van der Waals surface area (Å²) in [5.41, 5.74) is 9.21. The summed E-state index contributed by atoms with van der Waals surface area (Å²) in [6.45, 7) is 2.57. The van der Waals surface area contributed by atoms with Crippen LogP contribution in [0.25, 0.3) is 44.8 Å². The van der Waals surface area contributed by atoms with E-state index in [1.54, 1.807) is 11.0 Å². The van der Waals surface area contributed by atoms with Crippen LogP contribution in [0, 0.1) is 0 Å². The van der Waals surface area contributed by atoms with Crippen LogP contribution < -0.4 is 0 Å². The lowest BCUT2D eigenvalue weighted by atomic mass is 9.96. The number of aromatic nitrogens is 6. The van der Waals surface area contributed by atoms with Gasteiger partial charge in [0.25, 0.3) is 0 Å². The molecule has 1 unspecified atom stereocenters. The van der Waals surface area contributed by atoms with Crippen LogP contribution in [0.1, 0.15) is 36.8 Å². The number of fused-ring (bicyclic) bond motifs is 2. The van der Waals surface area contributed by atoms with E-state index < -0.39 is 0 Å². The van der Waals surface area contributed by atoms with E-state index in [0.29, 0.717) is 0 Å². The Morgan fingerprint density at radius 2 is 1.57 bits per heavy atom. The summed E-state index contributed by atoms with van der Waals surface area (Å²) in [6.07, 6.45) is 11.2. The van der Waals surface area contributed by atoms with Gasteiger partial charge in [-0.3, -0.25) is 5.10 Å². The zero-order chi connectivity index (χ0) is 24.8. The summed E-state index contributed by atoms with van der Waals surface area (Å²) < 4.78 is 1.78. The fraction of sp³-hybridized carbons (Fsp3) is 0.333. The second-order valence-corrected chi connectivity index (χ2v) is 10.4. The van der Waals surface area contributed by atoms with Crippen LogP contribution >= 0.6 is 0 Å². The van der Waals surface area contributed by atoms with Crippen molar-refractivity contribution >= 4 is 11.0 Å². The number of pyridine rings is 1. The predicted molar refractivity (Wildman–Crippen MR) is 146 cm³/mol. The molecule has 2 aliphatic rings. The molecule has 4 heterocycles. The number of aryl methyl sites for hydroxylation is 3. The molecule has 0 saturated carbocycles. The summed E-state index contributed by atoms with van der Waals surface area (Å²) in [6, 6.07) is 18.3. The highest BCUT2D eigenvalue weighted by molar-refractivity contribution is 5.93. The standard InChI is InChI=1S/C30H31N7/c1-36-30(32-19-33-36)22-7-5-21(6-8-22)28-27-17-25(18-31-29(27)35-34-28)24-9-4-20-10-12-26(13-11-23(20)16-24)37-14-2-3-15-37/h4-9,16-19,26H,2-3,10-15H2,1H3,(H,31,34,35). The molecule has 2 aromatic carbocycles. The van der Waals surface area contributed by atoms with Gasteiger partial charge in [-0.15, -0.1) is 0 Å². The number of aromatic amines is 1. The molecular formula is C30H31N7. The zero-order valence-corrected chi connectivity index (χ0v) is 21.2. The third-order valence-electron chi connectivity index (χ3n) is 8.24. The molecule has 7 rings (SSSR count). The van der Waals surface area contributed by atoms with Crippen molar-refractivity contribution < 1.29 is 0 Å². The third kappa shape index (κ3) is 4.13. The molecule has 1 aliphatic heterocycles. The molecule has 1 saturated heterocycles. The Labute approximate surface area is 216 Å². The first kappa shape index (κ1) is 22.4. The molecule has 7 nitrogen and oxygen atoms in total. The SMILES string of the molecule is Cn1ncnc1-c1ccc(-c2[nH]nc3ncc(-c4ccc5c(c4)CCC(N4CCCC4)CC5)cc23)cc1. The van der Waals surface area contributed by atoms with Gasteiger partial charge in [0.15, 0.2) is 11.5 Å². The van der Waals surface area contributed by atoms with Crippen molar-refractivity contribution in [3.05, 3.63) is 72.2 Å². The summed E-state index contributed by atoms with van der Waals surface area (Å²) in [4.78, 5) is 11.8. The first-order valence-corrected chi connectivity index (χ1v) is 13.4. The minimum absolute atomic E-state index is 0.736. The summed E-state index contributed by atoms with van der Waals surface area (Å²) in [5.74, 6) is 0.847. The Morgan fingerprint density at radius 3 is 2.35 bits per heavy atom. The van der Waals surface area contributed by atoms with Gasteiger partial charge in [0.1, 0.15) is 6.33 Å². The Morgan fingerprint density at radius 1 is 0.811 bits per heavy atom. The number of likely N-dealkylation sites (tertiary alicyclic amines) is 1. The van der Waals surface area contributed by atoms with E-state index in [1.807, 2.05) is 13.2 Å². The van der Waals surface area contributed by atoms with Crippen molar-refractivity contribution in [2.75, 3.05) is 13.1 Å². The van der Waals surface area contributed by atoms with Crippen LogP contribution in [0.4, 0.5) is 0 Å². The summed E-state index contributed by atoms with van der Waals surface area (Å²) in [7, 11) is 1.90. The number of benzene rings is 2. The normalized spacial score (nSPS) is 18.2. The van der Waals surface area contributed by atoms with Crippen LogP contribution in [-0.4, -0.2) is 54.0 Å². The van der Waals surface area contributed by atoms with Gasteiger partial charge in [-0.1, -0.05) is 42.5 Å². The predicted octanol–water partition coefficient (Wildman–Crippen LogP) is 5.43. The molecule has 7 heteroatoms. The number of hydrogen-bond donors (Lipinski definition) is 1. The van der Waals surface area contributed by atoms with Crippen molar-refractivity contribution in [2.24, 2.45) is 7.05 Å². The number of hydrogen-bond acceptors (Lipinski definition) is 5. The van der Waals surface area contributed by atoms with Gasteiger partial charge in [-0.2, -0.15) is 10.2 Å². The van der Waals surface area contributed by atoms with Crippen molar-refractivity contribution in [3.8, 4) is 33.8 Å². The van der Waals surface area contributed by atoms with E-state index in [1.165, 1.54) is 61.9 Å². The van der Waals surface area contributed by atoms with E-state index >= 15 is 0 Å². The Kier molecular flexibility index (Phi) is 5.58. The van der Waals surface area contributed by atoms with Gasteiger partial charge in [0.2, 0.25) is 0 Å². The van der Waals surface area contributed by atoms with Gasteiger partial charge in [-0.25, -0.2) is 14.6 Å². The Bertz CT molecular complexity index is 1560. The minimum atomic E-state index is 0.736. The molecule has 1 atom stereocenters. The van der Waals surface area contributed by atoms with Gasteiger partial charge in [-0.05, 0) is 74.4 Å². The quantitative estimate of drug-likeness (QED) is 0.341. The highest BCUT2D eigenvalue weighted by Gasteiger charge is 2.24. The molecule has 1 aliphatic carbocycles. The first-order chi connectivity index (χ1) is 18.2. The second kappa shape index (κ2) is 9.23. The van der Waals surface area contributed by atoms with E-state index in [2.05, 4.69) is 73.7 Å². The van der Waals surface area contributed by atoms with Gasteiger partial charge in [0, 0.05) is 41.4 Å². The number of H-pyrrole nitrogens is 1. The first-order valence-electron chi connectivity index (χ1n) is 13.4. The van der Waals surface area contributed by atoms with Crippen LogP contribution in [-0.2, 0) is 19.9 Å². The molecule has 5 aromatic rings. The van der Waals surface area contributed by atoms with Crippen molar-refractivity contribution in [1.29, 1.82) is 0 Å². The second-order valence-electron chi connectivity index (χ2n) is 10.4. The molecule has 1 fully saturated rings. The number of nitrogens with one attached hydrogen (secondary N) is 1. The monoisotopic (exact) mass is 489 g/mol. The largest absolute Gasteiger partial charge is 0.300 e. The fourth-order valence-electron chi connectivity index (χ4n) is 6.16. The average Bonchev–Trinajstić information content (AvgIpc) is 3.68. The van der Waals surface area contributed by atoms with Crippen LogP contribution in [0.5, 0.6) is 0 Å². The molecule has 3 aromatic heterocycles. The van der Waals surface area contributed by atoms with Gasteiger partial charge in [0.05, 0.1) is 5.69 Å². The molecule has 0 amide bonds. The Balaban J connectivity index is 1.18. The smallest absolute Gasteiger partial charge is 0.181 e. The lowest BCUT2D eigenvalue weighted by Gasteiger charge is -2.25. The lowest BCUT2D eigenvalue weighted by Crippen LogP contribution is -2.32.